The van der Waals surface area contributed by atoms with Gasteiger partial charge in [-0.15, -0.1) is 0 Å². The lowest BCUT2D eigenvalue weighted by atomic mass is 10.1. The standard InChI is InChI=1S/C53H88NO10P/c1-3-5-7-9-11-13-15-17-19-21-23-24-25-26-27-28-30-32-34-36-38-40-42-44-51(56)54-50(53(58)59)48-64-65(60,61)63-47-49(55)46-62-52(57)45-43-41-39-37-35-33-31-29-22-20-18-16-14-12-10-8-6-4-2/h5,7,11,13,17,19-20,22-24,26-27,30,32,36,38,49-50,55H,3-4,6,8-10,12,14-16,18,21,25,28-29,31,33-35,37,39-48H2,1-2H3,(H,54,56)(H,58,59)(H,60,61)/b7-5-,13-11-,19-17-,22-20-,24-23-,27-26-,32-30-,38-36-. The van der Waals surface area contributed by atoms with Crippen LogP contribution in [0, 0.1) is 0 Å². The Kier molecular flexibility index (Phi) is 44.3. The van der Waals surface area contributed by atoms with Crippen LogP contribution in [0.4, 0.5) is 0 Å². The summed E-state index contributed by atoms with van der Waals surface area (Å²) in [5.74, 6) is -2.47. The Morgan fingerprint density at radius 3 is 1.38 bits per heavy atom. The minimum atomic E-state index is -4.78. The average Bonchev–Trinajstić information content (AvgIpc) is 3.28. The van der Waals surface area contributed by atoms with E-state index in [1.807, 2.05) is 12.2 Å². The fraction of sp³-hybridized carbons (Fsp3) is 0.642. The molecule has 0 spiro atoms. The average molecular weight is 930 g/mol. The highest BCUT2D eigenvalue weighted by atomic mass is 31.2. The van der Waals surface area contributed by atoms with Crippen molar-refractivity contribution in [3.8, 4) is 0 Å². The Morgan fingerprint density at radius 2 is 0.908 bits per heavy atom. The van der Waals surface area contributed by atoms with Crippen molar-refractivity contribution in [3.05, 3.63) is 97.2 Å². The second kappa shape index (κ2) is 46.9. The molecule has 370 valence electrons. The molecule has 0 fully saturated rings. The van der Waals surface area contributed by atoms with Crippen LogP contribution < -0.4 is 5.32 Å². The molecular weight excluding hydrogens is 842 g/mol. The normalized spacial score (nSPS) is 14.4. The van der Waals surface area contributed by atoms with Crippen LogP contribution >= 0.6 is 7.82 Å². The number of hydrogen-bond donors (Lipinski definition) is 4. The molecule has 0 radical (unpaired) electrons. The molecule has 11 nitrogen and oxygen atoms in total. The number of amides is 1. The molecular formula is C53H88NO10P. The molecule has 0 aliphatic rings. The van der Waals surface area contributed by atoms with Gasteiger partial charge in [0.05, 0.1) is 13.2 Å². The van der Waals surface area contributed by atoms with Crippen molar-refractivity contribution in [1.29, 1.82) is 0 Å². The van der Waals surface area contributed by atoms with E-state index >= 15 is 0 Å². The zero-order chi connectivity index (χ0) is 47.7. The summed E-state index contributed by atoms with van der Waals surface area (Å²) >= 11 is 0. The Morgan fingerprint density at radius 1 is 0.508 bits per heavy atom. The number of unbranched alkanes of at least 4 members (excludes halogenated alkanes) is 15. The molecule has 0 bridgehead atoms. The highest BCUT2D eigenvalue weighted by Gasteiger charge is 2.28. The van der Waals surface area contributed by atoms with E-state index in [1.165, 1.54) is 70.6 Å². The summed E-state index contributed by atoms with van der Waals surface area (Å²) in [5.41, 5.74) is 0. The van der Waals surface area contributed by atoms with Crippen LogP contribution in [0.25, 0.3) is 0 Å². The first-order valence-corrected chi connectivity index (χ1v) is 26.3. The highest BCUT2D eigenvalue weighted by molar-refractivity contribution is 7.47. The van der Waals surface area contributed by atoms with E-state index in [0.29, 0.717) is 19.3 Å². The molecule has 0 aromatic heterocycles. The van der Waals surface area contributed by atoms with Crippen LogP contribution in [0.1, 0.15) is 187 Å². The Bertz CT molecular complexity index is 1460. The van der Waals surface area contributed by atoms with E-state index in [2.05, 4.69) is 104 Å². The predicted molar refractivity (Wildman–Crippen MR) is 267 cm³/mol. The number of nitrogens with one attached hydrogen (secondary N) is 1. The highest BCUT2D eigenvalue weighted by Crippen LogP contribution is 2.43. The maximum atomic E-state index is 12.3. The van der Waals surface area contributed by atoms with E-state index in [0.717, 1.165) is 70.6 Å². The summed E-state index contributed by atoms with van der Waals surface area (Å²) < 4.78 is 26.9. The number of phosphoric acid groups is 1. The molecule has 0 saturated carbocycles. The fourth-order valence-electron chi connectivity index (χ4n) is 6.30. The van der Waals surface area contributed by atoms with Crippen LogP contribution in [0.3, 0.4) is 0 Å². The van der Waals surface area contributed by atoms with Crippen molar-refractivity contribution in [2.45, 2.75) is 199 Å². The lowest BCUT2D eigenvalue weighted by Crippen LogP contribution is -2.43. The molecule has 4 N–H and O–H groups in total. The van der Waals surface area contributed by atoms with Gasteiger partial charge in [0.15, 0.2) is 6.04 Å². The smallest absolute Gasteiger partial charge is 0.472 e. The van der Waals surface area contributed by atoms with Crippen molar-refractivity contribution in [2.75, 3.05) is 19.8 Å². The summed E-state index contributed by atoms with van der Waals surface area (Å²) in [6.45, 7) is 2.44. The molecule has 0 aromatic rings. The number of aliphatic carboxylic acids is 1. The maximum absolute atomic E-state index is 12.3. The third kappa shape index (κ3) is 46.7. The van der Waals surface area contributed by atoms with Crippen molar-refractivity contribution < 1.29 is 47.8 Å². The SMILES string of the molecule is CC/C=C\C/C=C\C/C=C\C/C=C\C/C=C\C/C=C\C/C=C\CCCC(=O)NC(COP(=O)(O)OCC(O)COC(=O)CCCCCCCCC/C=C\CCCCCCCCC)C(=O)O. The lowest BCUT2D eigenvalue weighted by Gasteiger charge is -2.18. The minimum absolute atomic E-state index is 0.0595. The number of phosphoric ester groups is 1. The van der Waals surface area contributed by atoms with Gasteiger partial charge in [-0.3, -0.25) is 18.6 Å². The van der Waals surface area contributed by atoms with E-state index < -0.39 is 57.6 Å². The first-order chi connectivity index (χ1) is 31.6. The monoisotopic (exact) mass is 930 g/mol. The summed E-state index contributed by atoms with van der Waals surface area (Å²) in [7, 11) is -4.78. The third-order valence-corrected chi connectivity index (χ3v) is 11.1. The predicted octanol–water partition coefficient (Wildman–Crippen LogP) is 13.6. The number of aliphatic hydroxyl groups is 1. The minimum Gasteiger partial charge on any atom is -0.480 e. The van der Waals surface area contributed by atoms with Crippen molar-refractivity contribution >= 4 is 25.7 Å². The summed E-state index contributed by atoms with van der Waals surface area (Å²) in [5, 5.41) is 21.9. The molecule has 3 unspecified atom stereocenters. The second-order valence-corrected chi connectivity index (χ2v) is 17.7. The molecule has 0 rings (SSSR count). The number of carbonyl (C=O) groups excluding carboxylic acids is 2. The van der Waals surface area contributed by atoms with Gasteiger partial charge in [-0.1, -0.05) is 182 Å². The van der Waals surface area contributed by atoms with Crippen LogP contribution in [-0.2, 0) is 32.7 Å². The van der Waals surface area contributed by atoms with Crippen molar-refractivity contribution in [1.82, 2.24) is 5.32 Å². The van der Waals surface area contributed by atoms with Gasteiger partial charge in [0.2, 0.25) is 5.91 Å². The molecule has 3 atom stereocenters. The van der Waals surface area contributed by atoms with E-state index in [1.54, 1.807) is 0 Å². The molecule has 0 aliphatic heterocycles. The molecule has 12 heteroatoms. The molecule has 0 aromatic carbocycles. The summed E-state index contributed by atoms with van der Waals surface area (Å²) in [4.78, 5) is 46.1. The topological polar surface area (TPSA) is 169 Å². The molecule has 1 amide bonds. The Hall–Kier alpha value is -3.60. The quantitative estimate of drug-likeness (QED) is 0.0200. The number of allylic oxidation sites excluding steroid dienone is 16. The zero-order valence-corrected chi connectivity index (χ0v) is 41.1. The molecule has 0 heterocycles. The first kappa shape index (κ1) is 61.4. The van der Waals surface area contributed by atoms with Gasteiger partial charge in [-0.2, -0.15) is 0 Å². The Labute approximate surface area is 394 Å². The first-order valence-electron chi connectivity index (χ1n) is 24.8. The van der Waals surface area contributed by atoms with Crippen molar-refractivity contribution in [3.63, 3.8) is 0 Å². The van der Waals surface area contributed by atoms with Gasteiger partial charge in [-0.25, -0.2) is 9.36 Å². The van der Waals surface area contributed by atoms with Crippen LogP contribution in [0.5, 0.6) is 0 Å². The van der Waals surface area contributed by atoms with Gasteiger partial charge in [0, 0.05) is 12.8 Å². The van der Waals surface area contributed by atoms with Gasteiger partial charge < -0.3 is 25.2 Å². The molecule has 0 saturated heterocycles. The van der Waals surface area contributed by atoms with Gasteiger partial charge >= 0.3 is 19.8 Å². The van der Waals surface area contributed by atoms with Gasteiger partial charge in [0.25, 0.3) is 0 Å². The van der Waals surface area contributed by atoms with E-state index in [-0.39, 0.29) is 12.8 Å². The van der Waals surface area contributed by atoms with Gasteiger partial charge in [0.1, 0.15) is 12.7 Å². The van der Waals surface area contributed by atoms with Gasteiger partial charge in [-0.05, 0) is 89.9 Å². The number of ether oxygens (including phenoxy) is 1. The molecule has 65 heavy (non-hydrogen) atoms. The summed E-state index contributed by atoms with van der Waals surface area (Å²) in [6, 6.07) is -1.59. The zero-order valence-electron chi connectivity index (χ0n) is 40.3. The number of aliphatic hydroxyl groups excluding tert-OH is 1. The van der Waals surface area contributed by atoms with Crippen LogP contribution in [-0.4, -0.2) is 64.9 Å². The lowest BCUT2D eigenvalue weighted by molar-refractivity contribution is -0.147. The number of carboxylic acid groups (broad SMARTS) is 1. The third-order valence-electron chi connectivity index (χ3n) is 10.1. The number of esters is 1. The van der Waals surface area contributed by atoms with Crippen molar-refractivity contribution in [2.24, 2.45) is 0 Å². The second-order valence-electron chi connectivity index (χ2n) is 16.3. The number of hydrogen-bond acceptors (Lipinski definition) is 8. The van der Waals surface area contributed by atoms with E-state index in [4.69, 9.17) is 13.8 Å². The van der Waals surface area contributed by atoms with E-state index in [9.17, 15) is 34.1 Å². The number of carboxylic acids is 1. The molecule has 0 aliphatic carbocycles. The number of carbonyl (C=O) groups is 3. The fourth-order valence-corrected chi connectivity index (χ4v) is 7.07. The van der Waals surface area contributed by atoms with Crippen LogP contribution in [0.15, 0.2) is 97.2 Å². The summed E-state index contributed by atoms with van der Waals surface area (Å²) in [6.07, 6.45) is 60.1. The number of rotatable bonds is 45. The largest absolute Gasteiger partial charge is 0.480 e. The Balaban J connectivity index is 3.98. The maximum Gasteiger partial charge on any atom is 0.472 e. The van der Waals surface area contributed by atoms with Crippen LogP contribution in [0.2, 0.25) is 0 Å².